The number of aryl methyl sites for hydroxylation is 1. The number of piperidine rings is 1. The van der Waals surface area contributed by atoms with Crippen LogP contribution in [0, 0.1) is 0 Å². The summed E-state index contributed by atoms with van der Waals surface area (Å²) in [5, 5.41) is 0. The van der Waals surface area contributed by atoms with Crippen LogP contribution in [0.25, 0.3) is 11.1 Å². The van der Waals surface area contributed by atoms with Crippen molar-refractivity contribution in [2.24, 2.45) is 5.73 Å². The molecule has 0 saturated carbocycles. The Bertz CT molecular complexity index is 972. The molecule has 4 rings (SSSR count). The summed E-state index contributed by atoms with van der Waals surface area (Å²) in [5.74, 6) is -2.27. The van der Waals surface area contributed by atoms with E-state index in [1.807, 2.05) is 12.1 Å². The van der Waals surface area contributed by atoms with Gasteiger partial charge in [-0.05, 0) is 36.1 Å². The largest absolute Gasteiger partial charge is 0.351 e. The number of nitrogens with two attached hydrogens (primary N) is 1. The minimum absolute atomic E-state index is 0.0735. The number of carbonyl (C=O) groups is 2. The van der Waals surface area contributed by atoms with E-state index in [-0.39, 0.29) is 38.3 Å². The molecule has 0 atom stereocenters. The molecule has 0 aliphatic carbocycles. The van der Waals surface area contributed by atoms with E-state index in [0.29, 0.717) is 17.9 Å². The van der Waals surface area contributed by atoms with Gasteiger partial charge < -0.3 is 10.6 Å². The predicted molar refractivity (Wildman–Crippen MR) is 107 cm³/mol. The second kappa shape index (κ2) is 7.97. The third kappa shape index (κ3) is 4.24. The molecule has 7 nitrogen and oxygen atoms in total. The molecule has 158 valence electrons. The van der Waals surface area contributed by atoms with Gasteiger partial charge in [0.15, 0.2) is 0 Å². The van der Waals surface area contributed by atoms with Crippen LogP contribution in [0.5, 0.6) is 0 Å². The monoisotopic (exact) mass is 415 g/mol. The lowest BCUT2D eigenvalue weighted by molar-refractivity contribution is -0.136. The van der Waals surface area contributed by atoms with E-state index in [9.17, 15) is 18.4 Å². The van der Waals surface area contributed by atoms with Crippen LogP contribution in [0.1, 0.15) is 30.4 Å². The number of alkyl halides is 2. The van der Waals surface area contributed by atoms with Crippen molar-refractivity contribution in [1.82, 2.24) is 14.9 Å². The first kappa shape index (κ1) is 20.2. The molecular weight excluding hydrogens is 392 g/mol. The van der Waals surface area contributed by atoms with Gasteiger partial charge in [-0.1, -0.05) is 0 Å². The normalized spacial score (nSPS) is 18.1. The van der Waals surface area contributed by atoms with Gasteiger partial charge in [-0.3, -0.25) is 14.7 Å². The highest BCUT2D eigenvalue weighted by molar-refractivity contribution is 5.91. The quantitative estimate of drug-likeness (QED) is 0.834. The maximum atomic E-state index is 13.3. The molecule has 3 amide bonds. The summed E-state index contributed by atoms with van der Waals surface area (Å²) in [6, 6.07) is 3.31. The topological polar surface area (TPSA) is 92.4 Å². The van der Waals surface area contributed by atoms with Gasteiger partial charge in [-0.15, -0.1) is 0 Å². The number of primary amides is 1. The molecule has 1 fully saturated rings. The second-order valence-corrected chi connectivity index (χ2v) is 7.80. The Labute approximate surface area is 172 Å². The standard InChI is InChI=1S/C21H23F2N5O2/c22-21(23)3-6-27(7-4-21)18(29)9-14-8-16(12-25-11-14)17-10-15-2-1-5-28(20(24)30)19(15)26-13-17/h8,10-13H,1-7,9H2,(H2,24,30). The fourth-order valence-electron chi connectivity index (χ4n) is 3.95. The van der Waals surface area contributed by atoms with Crippen molar-refractivity contribution in [3.8, 4) is 11.1 Å². The molecule has 1 saturated heterocycles. The molecule has 2 aromatic heterocycles. The van der Waals surface area contributed by atoms with Crippen LogP contribution < -0.4 is 10.6 Å². The van der Waals surface area contributed by atoms with Crippen LogP contribution in [0.4, 0.5) is 19.4 Å². The number of hydrogen-bond acceptors (Lipinski definition) is 4. The van der Waals surface area contributed by atoms with Crippen molar-refractivity contribution < 1.29 is 18.4 Å². The Morgan fingerprint density at radius 1 is 1.07 bits per heavy atom. The van der Waals surface area contributed by atoms with Crippen LogP contribution in [0.15, 0.2) is 30.7 Å². The van der Waals surface area contributed by atoms with E-state index < -0.39 is 12.0 Å². The molecule has 0 bridgehead atoms. The van der Waals surface area contributed by atoms with Crippen molar-refractivity contribution >= 4 is 17.8 Å². The highest BCUT2D eigenvalue weighted by Crippen LogP contribution is 2.30. The van der Waals surface area contributed by atoms with E-state index >= 15 is 0 Å². The number of rotatable bonds is 3. The maximum Gasteiger partial charge on any atom is 0.320 e. The average Bonchev–Trinajstić information content (AvgIpc) is 2.73. The van der Waals surface area contributed by atoms with Crippen LogP contribution in [-0.2, 0) is 17.6 Å². The van der Waals surface area contributed by atoms with Gasteiger partial charge in [0.2, 0.25) is 5.91 Å². The number of pyridine rings is 2. The lowest BCUT2D eigenvalue weighted by Gasteiger charge is -2.31. The average molecular weight is 415 g/mol. The highest BCUT2D eigenvalue weighted by Gasteiger charge is 2.35. The van der Waals surface area contributed by atoms with Crippen LogP contribution in [0.3, 0.4) is 0 Å². The Hall–Kier alpha value is -3.10. The summed E-state index contributed by atoms with van der Waals surface area (Å²) in [6.45, 7) is 0.699. The molecule has 2 aliphatic heterocycles. The number of aromatic nitrogens is 2. The fourth-order valence-corrected chi connectivity index (χ4v) is 3.95. The first-order chi connectivity index (χ1) is 14.3. The molecule has 0 spiro atoms. The smallest absolute Gasteiger partial charge is 0.320 e. The molecule has 2 aromatic rings. The lowest BCUT2D eigenvalue weighted by Crippen LogP contribution is -2.43. The van der Waals surface area contributed by atoms with Gasteiger partial charge in [-0.25, -0.2) is 18.6 Å². The van der Waals surface area contributed by atoms with Crippen LogP contribution in [-0.4, -0.2) is 52.4 Å². The Morgan fingerprint density at radius 3 is 2.53 bits per heavy atom. The minimum atomic E-state index is -2.68. The number of amides is 3. The van der Waals surface area contributed by atoms with Crippen LogP contribution >= 0.6 is 0 Å². The Morgan fingerprint density at radius 2 is 1.80 bits per heavy atom. The number of nitrogens with zero attached hydrogens (tertiary/aromatic N) is 4. The summed E-state index contributed by atoms with van der Waals surface area (Å²) in [7, 11) is 0. The fraction of sp³-hybridized carbons (Fsp3) is 0.429. The third-order valence-corrected chi connectivity index (χ3v) is 5.62. The van der Waals surface area contributed by atoms with Gasteiger partial charge in [-0.2, -0.15) is 0 Å². The van der Waals surface area contributed by atoms with Gasteiger partial charge in [0.1, 0.15) is 5.82 Å². The third-order valence-electron chi connectivity index (χ3n) is 5.62. The van der Waals surface area contributed by atoms with Crippen molar-refractivity contribution in [1.29, 1.82) is 0 Å². The zero-order valence-electron chi connectivity index (χ0n) is 16.5. The highest BCUT2D eigenvalue weighted by atomic mass is 19.3. The van der Waals surface area contributed by atoms with Crippen LogP contribution in [0.2, 0.25) is 0 Å². The number of urea groups is 1. The van der Waals surface area contributed by atoms with Crippen molar-refractivity contribution in [3.05, 3.63) is 41.9 Å². The van der Waals surface area contributed by atoms with Crippen molar-refractivity contribution in [3.63, 3.8) is 0 Å². The molecule has 4 heterocycles. The van der Waals surface area contributed by atoms with E-state index in [4.69, 9.17) is 5.73 Å². The second-order valence-electron chi connectivity index (χ2n) is 7.80. The minimum Gasteiger partial charge on any atom is -0.351 e. The van der Waals surface area contributed by atoms with E-state index in [1.165, 1.54) is 9.80 Å². The van der Waals surface area contributed by atoms with Gasteiger partial charge in [0.25, 0.3) is 5.92 Å². The number of halogens is 2. The first-order valence-corrected chi connectivity index (χ1v) is 9.98. The van der Waals surface area contributed by atoms with E-state index in [1.54, 1.807) is 18.6 Å². The predicted octanol–water partition coefficient (Wildman–Crippen LogP) is 2.78. The van der Waals surface area contributed by atoms with Crippen molar-refractivity contribution in [2.75, 3.05) is 24.5 Å². The van der Waals surface area contributed by atoms with Gasteiger partial charge in [0, 0.05) is 62.2 Å². The molecular formula is C21H23F2N5O2. The number of likely N-dealkylation sites (tertiary alicyclic amines) is 1. The van der Waals surface area contributed by atoms with Gasteiger partial charge >= 0.3 is 6.03 Å². The number of carbonyl (C=O) groups excluding carboxylic acids is 2. The number of fused-ring (bicyclic) bond motifs is 1. The number of anilines is 1. The zero-order valence-corrected chi connectivity index (χ0v) is 16.5. The molecule has 30 heavy (non-hydrogen) atoms. The molecule has 0 unspecified atom stereocenters. The summed E-state index contributed by atoms with van der Waals surface area (Å²) in [5.41, 5.74) is 8.72. The molecule has 2 N–H and O–H groups in total. The summed E-state index contributed by atoms with van der Waals surface area (Å²) in [4.78, 5) is 35.7. The summed E-state index contributed by atoms with van der Waals surface area (Å²) >= 11 is 0. The molecule has 0 radical (unpaired) electrons. The lowest BCUT2D eigenvalue weighted by atomic mass is 10.00. The first-order valence-electron chi connectivity index (χ1n) is 9.98. The van der Waals surface area contributed by atoms with E-state index in [2.05, 4.69) is 9.97 Å². The Kier molecular flexibility index (Phi) is 5.36. The summed E-state index contributed by atoms with van der Waals surface area (Å²) in [6.07, 6.45) is 6.10. The number of hydrogen-bond donors (Lipinski definition) is 1. The molecule has 9 heteroatoms. The SMILES string of the molecule is NC(=O)N1CCCc2cc(-c3cncc(CC(=O)N4CCC(F)(F)CC4)c3)cnc21. The Balaban J connectivity index is 1.50. The molecule has 2 aliphatic rings. The van der Waals surface area contributed by atoms with Gasteiger partial charge in [0.05, 0.1) is 6.42 Å². The van der Waals surface area contributed by atoms with E-state index in [0.717, 1.165) is 29.5 Å². The molecule has 0 aromatic carbocycles. The summed E-state index contributed by atoms with van der Waals surface area (Å²) < 4.78 is 26.6. The zero-order chi connectivity index (χ0) is 21.3. The van der Waals surface area contributed by atoms with Crippen molar-refractivity contribution in [2.45, 2.75) is 38.0 Å². The maximum absolute atomic E-state index is 13.3.